The SMILES string of the molecule is CCNC(c1sc(C)nc1C)C(C)c1ccccn1. The summed E-state index contributed by atoms with van der Waals surface area (Å²) in [4.78, 5) is 10.4. The molecule has 0 saturated heterocycles. The second-order valence-corrected chi connectivity index (χ2v) is 6.00. The van der Waals surface area contributed by atoms with Gasteiger partial charge in [-0.25, -0.2) is 4.98 Å². The Kier molecular flexibility index (Phi) is 4.66. The maximum Gasteiger partial charge on any atom is 0.0900 e. The summed E-state index contributed by atoms with van der Waals surface area (Å²) in [5.74, 6) is 0.333. The van der Waals surface area contributed by atoms with Gasteiger partial charge >= 0.3 is 0 Å². The monoisotopic (exact) mass is 275 g/mol. The second kappa shape index (κ2) is 6.26. The number of aromatic nitrogens is 2. The third-order valence-corrected chi connectivity index (χ3v) is 4.46. The number of rotatable bonds is 5. The van der Waals surface area contributed by atoms with Crippen molar-refractivity contribution in [3.8, 4) is 0 Å². The predicted octanol–water partition coefficient (Wildman–Crippen LogP) is 3.61. The largest absolute Gasteiger partial charge is 0.309 e. The average molecular weight is 275 g/mol. The molecule has 3 nitrogen and oxygen atoms in total. The van der Waals surface area contributed by atoms with E-state index in [0.29, 0.717) is 5.92 Å². The van der Waals surface area contributed by atoms with Gasteiger partial charge in [-0.05, 0) is 32.5 Å². The Morgan fingerprint density at radius 3 is 2.63 bits per heavy atom. The van der Waals surface area contributed by atoms with Crippen molar-refractivity contribution in [2.75, 3.05) is 6.54 Å². The van der Waals surface area contributed by atoms with Gasteiger partial charge in [-0.15, -0.1) is 11.3 Å². The first-order chi connectivity index (χ1) is 9.13. The molecule has 0 radical (unpaired) electrons. The number of hydrogen-bond donors (Lipinski definition) is 1. The molecule has 1 N–H and O–H groups in total. The van der Waals surface area contributed by atoms with Gasteiger partial charge in [-0.2, -0.15) is 0 Å². The van der Waals surface area contributed by atoms with E-state index >= 15 is 0 Å². The van der Waals surface area contributed by atoms with E-state index in [0.717, 1.165) is 22.9 Å². The molecule has 0 amide bonds. The predicted molar refractivity (Wildman–Crippen MR) is 80.7 cm³/mol. The van der Waals surface area contributed by atoms with Crippen LogP contribution < -0.4 is 5.32 Å². The molecule has 102 valence electrons. The van der Waals surface area contributed by atoms with E-state index in [1.807, 2.05) is 18.3 Å². The molecule has 0 aliphatic heterocycles. The topological polar surface area (TPSA) is 37.8 Å². The maximum atomic E-state index is 4.55. The Labute approximate surface area is 119 Å². The van der Waals surface area contributed by atoms with Gasteiger partial charge in [-0.3, -0.25) is 4.98 Å². The normalized spacial score (nSPS) is 14.3. The van der Waals surface area contributed by atoms with Gasteiger partial charge in [0.25, 0.3) is 0 Å². The zero-order valence-electron chi connectivity index (χ0n) is 12.0. The summed E-state index contributed by atoms with van der Waals surface area (Å²) in [5, 5.41) is 4.71. The van der Waals surface area contributed by atoms with Crippen molar-refractivity contribution in [3.05, 3.63) is 45.7 Å². The molecule has 4 heteroatoms. The Balaban J connectivity index is 2.32. The van der Waals surface area contributed by atoms with Crippen LogP contribution in [0.25, 0.3) is 0 Å². The molecule has 0 aliphatic rings. The number of hydrogen-bond acceptors (Lipinski definition) is 4. The van der Waals surface area contributed by atoms with Gasteiger partial charge in [0, 0.05) is 22.7 Å². The lowest BCUT2D eigenvalue weighted by atomic mass is 9.95. The minimum Gasteiger partial charge on any atom is -0.309 e. The minimum atomic E-state index is 0.283. The lowest BCUT2D eigenvalue weighted by Gasteiger charge is -2.24. The number of nitrogens with one attached hydrogen (secondary N) is 1. The first-order valence-corrected chi connectivity index (χ1v) is 7.53. The number of aryl methyl sites for hydroxylation is 2. The molecule has 19 heavy (non-hydrogen) atoms. The number of thiazole rings is 1. The maximum absolute atomic E-state index is 4.55. The molecule has 2 aromatic rings. The molecule has 2 unspecified atom stereocenters. The van der Waals surface area contributed by atoms with E-state index < -0.39 is 0 Å². The highest BCUT2D eigenvalue weighted by Gasteiger charge is 2.24. The average Bonchev–Trinajstić information content (AvgIpc) is 2.75. The summed E-state index contributed by atoms with van der Waals surface area (Å²) in [6.07, 6.45) is 1.86. The van der Waals surface area contributed by atoms with Crippen molar-refractivity contribution >= 4 is 11.3 Å². The number of likely N-dealkylation sites (N-methyl/N-ethyl adjacent to an activating group) is 1. The third kappa shape index (κ3) is 3.19. The van der Waals surface area contributed by atoms with Crippen LogP contribution in [0.1, 0.15) is 47.1 Å². The van der Waals surface area contributed by atoms with Crippen molar-refractivity contribution in [3.63, 3.8) is 0 Å². The molecular weight excluding hydrogens is 254 g/mol. The van der Waals surface area contributed by atoms with Crippen molar-refractivity contribution in [2.24, 2.45) is 0 Å². The Hall–Kier alpha value is -1.26. The van der Waals surface area contributed by atoms with E-state index in [9.17, 15) is 0 Å². The van der Waals surface area contributed by atoms with E-state index in [-0.39, 0.29) is 6.04 Å². The Morgan fingerprint density at radius 1 is 1.32 bits per heavy atom. The van der Waals surface area contributed by atoms with Gasteiger partial charge in [0.05, 0.1) is 16.7 Å². The summed E-state index contributed by atoms with van der Waals surface area (Å²) in [5.41, 5.74) is 2.26. The molecule has 0 bridgehead atoms. The van der Waals surface area contributed by atoms with Crippen molar-refractivity contribution < 1.29 is 0 Å². The Morgan fingerprint density at radius 2 is 2.11 bits per heavy atom. The fourth-order valence-corrected chi connectivity index (χ4v) is 3.48. The van der Waals surface area contributed by atoms with E-state index in [2.05, 4.69) is 49.0 Å². The van der Waals surface area contributed by atoms with Crippen LogP contribution in [0.2, 0.25) is 0 Å². The van der Waals surface area contributed by atoms with Gasteiger partial charge in [0.2, 0.25) is 0 Å². The van der Waals surface area contributed by atoms with E-state index in [1.54, 1.807) is 11.3 Å². The first kappa shape index (κ1) is 14.2. The number of pyridine rings is 1. The molecule has 0 aromatic carbocycles. The molecule has 2 heterocycles. The molecule has 2 aromatic heterocycles. The quantitative estimate of drug-likeness (QED) is 0.906. The van der Waals surface area contributed by atoms with Crippen LogP contribution in [0.5, 0.6) is 0 Å². The summed E-state index contributed by atoms with van der Waals surface area (Å²) in [6, 6.07) is 6.39. The summed E-state index contributed by atoms with van der Waals surface area (Å²) < 4.78 is 0. The van der Waals surface area contributed by atoms with E-state index in [1.165, 1.54) is 4.88 Å². The smallest absolute Gasteiger partial charge is 0.0900 e. The highest BCUT2D eigenvalue weighted by Crippen LogP contribution is 2.34. The van der Waals surface area contributed by atoms with Crippen LogP contribution in [-0.4, -0.2) is 16.5 Å². The number of nitrogens with zero attached hydrogens (tertiary/aromatic N) is 2. The fourth-order valence-electron chi connectivity index (χ4n) is 2.37. The van der Waals surface area contributed by atoms with Crippen LogP contribution >= 0.6 is 11.3 Å². The molecule has 0 spiro atoms. The summed E-state index contributed by atoms with van der Waals surface area (Å²) >= 11 is 1.78. The summed E-state index contributed by atoms with van der Waals surface area (Å²) in [6.45, 7) is 9.47. The second-order valence-electron chi connectivity index (χ2n) is 4.76. The van der Waals surface area contributed by atoms with Crippen molar-refractivity contribution in [2.45, 2.75) is 39.7 Å². The van der Waals surface area contributed by atoms with Crippen molar-refractivity contribution in [1.29, 1.82) is 0 Å². The zero-order valence-corrected chi connectivity index (χ0v) is 12.8. The zero-order chi connectivity index (χ0) is 13.8. The van der Waals surface area contributed by atoms with Crippen molar-refractivity contribution in [1.82, 2.24) is 15.3 Å². The van der Waals surface area contributed by atoms with Gasteiger partial charge in [0.1, 0.15) is 0 Å². The molecule has 0 saturated carbocycles. The van der Waals surface area contributed by atoms with Gasteiger partial charge in [-0.1, -0.05) is 19.9 Å². The lowest BCUT2D eigenvalue weighted by Crippen LogP contribution is -2.26. The Bertz CT molecular complexity index is 521. The highest BCUT2D eigenvalue weighted by molar-refractivity contribution is 7.11. The standard InChI is InChI=1S/C15H21N3S/c1-5-16-14(15-11(3)18-12(4)19-15)10(2)13-8-6-7-9-17-13/h6-10,14,16H,5H2,1-4H3. The van der Waals surface area contributed by atoms with Crippen LogP contribution in [0.3, 0.4) is 0 Å². The van der Waals surface area contributed by atoms with E-state index in [4.69, 9.17) is 0 Å². The van der Waals surface area contributed by atoms with Crippen LogP contribution in [0, 0.1) is 13.8 Å². The fraction of sp³-hybridized carbons (Fsp3) is 0.467. The van der Waals surface area contributed by atoms with Crippen LogP contribution in [-0.2, 0) is 0 Å². The van der Waals surface area contributed by atoms with Crippen LogP contribution in [0.15, 0.2) is 24.4 Å². The molecule has 0 aliphatic carbocycles. The molecule has 2 atom stereocenters. The third-order valence-electron chi connectivity index (χ3n) is 3.30. The van der Waals surface area contributed by atoms with Crippen LogP contribution in [0.4, 0.5) is 0 Å². The lowest BCUT2D eigenvalue weighted by molar-refractivity contribution is 0.476. The molecular formula is C15H21N3S. The summed E-state index contributed by atoms with van der Waals surface area (Å²) in [7, 11) is 0. The first-order valence-electron chi connectivity index (χ1n) is 6.71. The minimum absolute atomic E-state index is 0.283. The molecule has 0 fully saturated rings. The molecule has 2 rings (SSSR count). The van der Waals surface area contributed by atoms with Gasteiger partial charge in [0.15, 0.2) is 0 Å². The highest BCUT2D eigenvalue weighted by atomic mass is 32.1. The van der Waals surface area contributed by atoms with Gasteiger partial charge < -0.3 is 5.32 Å².